The lowest BCUT2D eigenvalue weighted by atomic mass is 10.2. The Labute approximate surface area is 152 Å². The largest absolute Gasteiger partial charge is 0.485 e. The fourth-order valence-electron chi connectivity index (χ4n) is 2.41. The Morgan fingerprint density at radius 2 is 1.96 bits per heavy atom. The fraction of sp³-hybridized carbons (Fsp3) is 0.222. The van der Waals surface area contributed by atoms with Crippen LogP contribution in [-0.4, -0.2) is 16.1 Å². The first-order chi connectivity index (χ1) is 12.8. The van der Waals surface area contributed by atoms with Gasteiger partial charge >= 0.3 is 6.18 Å². The summed E-state index contributed by atoms with van der Waals surface area (Å²) in [6.45, 7) is 3.35. The standard InChI is InChI=1S/C18H16F3N3O3/c1-10-5-3-4-6-13(10)26-9-12-7-8-14(27-12)17(25)22-15-11(2)23-24-16(15)18(19,20)21/h3-8H,9H2,1-2H3,(H,22,25)(H,23,24). The molecule has 1 amide bonds. The van der Waals surface area contributed by atoms with E-state index in [-0.39, 0.29) is 18.1 Å². The van der Waals surface area contributed by atoms with Gasteiger partial charge in [-0.15, -0.1) is 0 Å². The van der Waals surface area contributed by atoms with Crippen LogP contribution in [0, 0.1) is 13.8 Å². The molecule has 0 aliphatic carbocycles. The third-order valence-electron chi connectivity index (χ3n) is 3.80. The van der Waals surface area contributed by atoms with Crippen molar-refractivity contribution in [3.63, 3.8) is 0 Å². The first-order valence-corrected chi connectivity index (χ1v) is 7.96. The number of anilines is 1. The molecule has 1 aromatic carbocycles. The molecule has 0 spiro atoms. The van der Waals surface area contributed by atoms with Gasteiger partial charge in [0.15, 0.2) is 11.5 Å². The number of aromatic nitrogens is 2. The van der Waals surface area contributed by atoms with Crippen LogP contribution < -0.4 is 10.1 Å². The van der Waals surface area contributed by atoms with Gasteiger partial charge in [0.1, 0.15) is 18.1 Å². The second-order valence-corrected chi connectivity index (χ2v) is 5.84. The van der Waals surface area contributed by atoms with Gasteiger partial charge in [0.2, 0.25) is 0 Å². The molecular formula is C18H16F3N3O3. The molecule has 0 atom stereocenters. The molecule has 0 aliphatic heterocycles. The number of carbonyl (C=O) groups is 1. The number of carbonyl (C=O) groups excluding carboxylic acids is 1. The average Bonchev–Trinajstić information content (AvgIpc) is 3.21. The van der Waals surface area contributed by atoms with Crippen molar-refractivity contribution in [3.8, 4) is 5.75 Å². The van der Waals surface area contributed by atoms with Gasteiger partial charge in [0.05, 0.1) is 11.4 Å². The predicted octanol–water partition coefficient (Wildman–Crippen LogP) is 4.47. The van der Waals surface area contributed by atoms with E-state index in [1.807, 2.05) is 25.1 Å². The van der Waals surface area contributed by atoms with Gasteiger partial charge in [-0.25, -0.2) is 0 Å². The number of rotatable bonds is 5. The third kappa shape index (κ3) is 4.13. The topological polar surface area (TPSA) is 80.1 Å². The van der Waals surface area contributed by atoms with Crippen molar-refractivity contribution in [1.29, 1.82) is 0 Å². The summed E-state index contributed by atoms with van der Waals surface area (Å²) >= 11 is 0. The molecule has 2 aromatic heterocycles. The van der Waals surface area contributed by atoms with Gasteiger partial charge in [0, 0.05) is 0 Å². The van der Waals surface area contributed by atoms with Crippen molar-refractivity contribution in [3.05, 3.63) is 64.9 Å². The Morgan fingerprint density at radius 3 is 2.67 bits per heavy atom. The number of para-hydroxylation sites is 1. The number of benzene rings is 1. The first kappa shape index (κ1) is 18.6. The van der Waals surface area contributed by atoms with Crippen LogP contribution in [0.15, 0.2) is 40.8 Å². The van der Waals surface area contributed by atoms with Crippen molar-refractivity contribution >= 4 is 11.6 Å². The number of ether oxygens (including phenoxy) is 1. The molecule has 2 heterocycles. The highest BCUT2D eigenvalue weighted by Gasteiger charge is 2.38. The number of nitrogens with zero attached hydrogens (tertiary/aromatic N) is 1. The Hall–Kier alpha value is -3.23. The maximum atomic E-state index is 12.9. The van der Waals surface area contributed by atoms with Crippen LogP contribution in [0.4, 0.5) is 18.9 Å². The zero-order valence-corrected chi connectivity index (χ0v) is 14.5. The summed E-state index contributed by atoms with van der Waals surface area (Å²) < 4.78 is 49.8. The zero-order chi connectivity index (χ0) is 19.6. The van der Waals surface area contributed by atoms with E-state index in [1.165, 1.54) is 19.1 Å². The van der Waals surface area contributed by atoms with E-state index in [2.05, 4.69) is 15.5 Å². The minimum atomic E-state index is -4.69. The van der Waals surface area contributed by atoms with Crippen molar-refractivity contribution in [2.45, 2.75) is 26.6 Å². The monoisotopic (exact) mass is 379 g/mol. The molecule has 142 valence electrons. The van der Waals surface area contributed by atoms with Crippen molar-refractivity contribution in [1.82, 2.24) is 10.2 Å². The molecule has 0 saturated heterocycles. The van der Waals surface area contributed by atoms with E-state index in [0.717, 1.165) is 5.56 Å². The number of hydrogen-bond acceptors (Lipinski definition) is 4. The molecule has 0 bridgehead atoms. The van der Waals surface area contributed by atoms with Crippen molar-refractivity contribution in [2.24, 2.45) is 0 Å². The summed E-state index contributed by atoms with van der Waals surface area (Å²) in [6.07, 6.45) is -4.69. The molecule has 0 aliphatic rings. The second-order valence-electron chi connectivity index (χ2n) is 5.84. The average molecular weight is 379 g/mol. The van der Waals surface area contributed by atoms with Crippen LogP contribution in [0.25, 0.3) is 0 Å². The molecular weight excluding hydrogens is 363 g/mol. The molecule has 0 saturated carbocycles. The van der Waals surface area contributed by atoms with Gasteiger partial charge in [-0.05, 0) is 37.6 Å². The van der Waals surface area contributed by atoms with Crippen LogP contribution in [0.1, 0.15) is 33.3 Å². The van der Waals surface area contributed by atoms with Crippen LogP contribution in [0.2, 0.25) is 0 Å². The summed E-state index contributed by atoms with van der Waals surface area (Å²) in [4.78, 5) is 12.2. The highest BCUT2D eigenvalue weighted by Crippen LogP contribution is 2.34. The third-order valence-corrected chi connectivity index (χ3v) is 3.80. The lowest BCUT2D eigenvalue weighted by Crippen LogP contribution is -2.16. The molecule has 27 heavy (non-hydrogen) atoms. The SMILES string of the molecule is Cc1ccccc1OCc1ccc(C(=O)Nc2c(C(F)(F)F)n[nH]c2C)o1. The van der Waals surface area contributed by atoms with Gasteiger partial charge in [0.25, 0.3) is 5.91 Å². The summed E-state index contributed by atoms with van der Waals surface area (Å²) in [5.74, 6) is 0.0892. The number of alkyl halides is 3. The Balaban J connectivity index is 1.69. The highest BCUT2D eigenvalue weighted by molar-refractivity contribution is 6.03. The summed E-state index contributed by atoms with van der Waals surface area (Å²) in [5.41, 5.74) is -0.591. The number of aryl methyl sites for hydroxylation is 2. The van der Waals surface area contributed by atoms with Gasteiger partial charge in [-0.3, -0.25) is 9.89 Å². The van der Waals surface area contributed by atoms with Gasteiger partial charge in [-0.1, -0.05) is 18.2 Å². The van der Waals surface area contributed by atoms with Crippen molar-refractivity contribution < 1.29 is 27.1 Å². The molecule has 3 rings (SSSR count). The van der Waals surface area contributed by atoms with E-state index in [1.54, 1.807) is 6.07 Å². The minimum absolute atomic E-state index is 0.0800. The van der Waals surface area contributed by atoms with E-state index < -0.39 is 23.5 Å². The van der Waals surface area contributed by atoms with Crippen LogP contribution >= 0.6 is 0 Å². The molecule has 0 fully saturated rings. The maximum Gasteiger partial charge on any atom is 0.437 e. The summed E-state index contributed by atoms with van der Waals surface area (Å²) in [6, 6.07) is 10.3. The fourth-order valence-corrected chi connectivity index (χ4v) is 2.41. The number of aromatic amines is 1. The number of nitrogens with one attached hydrogen (secondary N) is 2. The zero-order valence-electron chi connectivity index (χ0n) is 14.5. The quantitative estimate of drug-likeness (QED) is 0.685. The number of hydrogen-bond donors (Lipinski definition) is 2. The minimum Gasteiger partial charge on any atom is -0.485 e. The maximum absolute atomic E-state index is 12.9. The molecule has 2 N–H and O–H groups in total. The van der Waals surface area contributed by atoms with Crippen LogP contribution in [0.3, 0.4) is 0 Å². The van der Waals surface area contributed by atoms with Gasteiger partial charge in [-0.2, -0.15) is 18.3 Å². The predicted molar refractivity (Wildman–Crippen MR) is 90.5 cm³/mol. The van der Waals surface area contributed by atoms with Crippen LogP contribution in [0.5, 0.6) is 5.75 Å². The summed E-state index contributed by atoms with van der Waals surface area (Å²) in [5, 5.41) is 7.60. The lowest BCUT2D eigenvalue weighted by molar-refractivity contribution is -0.140. The van der Waals surface area contributed by atoms with E-state index in [9.17, 15) is 18.0 Å². The molecule has 0 radical (unpaired) electrons. The normalized spacial score (nSPS) is 11.4. The number of H-pyrrole nitrogens is 1. The van der Waals surface area contributed by atoms with E-state index in [4.69, 9.17) is 9.15 Å². The summed E-state index contributed by atoms with van der Waals surface area (Å²) in [7, 11) is 0. The first-order valence-electron chi connectivity index (χ1n) is 7.96. The Kier molecular flexibility index (Phi) is 4.93. The second kappa shape index (κ2) is 7.18. The van der Waals surface area contributed by atoms with Gasteiger partial charge < -0.3 is 14.5 Å². The highest BCUT2D eigenvalue weighted by atomic mass is 19.4. The molecule has 0 unspecified atom stereocenters. The Morgan fingerprint density at radius 1 is 1.22 bits per heavy atom. The number of furan rings is 1. The molecule has 6 nitrogen and oxygen atoms in total. The molecule has 9 heteroatoms. The van der Waals surface area contributed by atoms with E-state index >= 15 is 0 Å². The lowest BCUT2D eigenvalue weighted by Gasteiger charge is -2.08. The smallest absolute Gasteiger partial charge is 0.437 e. The van der Waals surface area contributed by atoms with Crippen LogP contribution in [-0.2, 0) is 12.8 Å². The van der Waals surface area contributed by atoms with Crippen molar-refractivity contribution in [2.75, 3.05) is 5.32 Å². The Bertz CT molecular complexity index is 960. The number of amides is 1. The molecule has 3 aromatic rings. The van der Waals surface area contributed by atoms with E-state index in [0.29, 0.717) is 11.5 Å². The number of halogens is 3.